The van der Waals surface area contributed by atoms with Gasteiger partial charge in [0.05, 0.1) is 12.0 Å². The number of hydrogen-bond donors (Lipinski definition) is 1. The number of nitro groups is 1. The van der Waals surface area contributed by atoms with Crippen LogP contribution in [0.15, 0.2) is 36.4 Å². The second-order valence-corrected chi connectivity index (χ2v) is 6.27. The third-order valence-corrected chi connectivity index (χ3v) is 4.22. The highest BCUT2D eigenvalue weighted by molar-refractivity contribution is 5.95. The number of carbonyl (C=O) groups excluding carboxylic acids is 2. The first kappa shape index (κ1) is 20.9. The normalized spacial score (nSPS) is 10.2. The molecular formula is C20H22N2O6. The van der Waals surface area contributed by atoms with E-state index in [2.05, 4.69) is 5.32 Å². The van der Waals surface area contributed by atoms with Crippen LogP contribution in [0.25, 0.3) is 0 Å². The van der Waals surface area contributed by atoms with Gasteiger partial charge in [-0.3, -0.25) is 19.7 Å². The fourth-order valence-corrected chi connectivity index (χ4v) is 2.50. The van der Waals surface area contributed by atoms with E-state index in [9.17, 15) is 19.7 Å². The molecule has 2 aromatic carbocycles. The van der Waals surface area contributed by atoms with Crippen molar-refractivity contribution in [2.75, 3.05) is 19.0 Å². The van der Waals surface area contributed by atoms with E-state index in [1.54, 1.807) is 33.1 Å². The summed E-state index contributed by atoms with van der Waals surface area (Å²) in [6.45, 7) is 3.03. The largest absolute Gasteiger partial charge is 0.497 e. The molecule has 2 rings (SSSR count). The standard InChI is InChI=1S/C20H22N2O6/c1-13-10-17(18(22(25)26)11-14(13)2)21-19(23)12-28-20(24)9-6-15-4-7-16(27-3)8-5-15/h4-5,7-8,10-11H,6,9,12H2,1-3H3,(H,21,23). The summed E-state index contributed by atoms with van der Waals surface area (Å²) >= 11 is 0. The van der Waals surface area contributed by atoms with E-state index in [4.69, 9.17) is 9.47 Å². The Hall–Kier alpha value is -3.42. The highest BCUT2D eigenvalue weighted by Crippen LogP contribution is 2.27. The second-order valence-electron chi connectivity index (χ2n) is 6.27. The first-order valence-corrected chi connectivity index (χ1v) is 8.64. The van der Waals surface area contributed by atoms with Crippen LogP contribution < -0.4 is 10.1 Å². The number of ether oxygens (including phenoxy) is 2. The van der Waals surface area contributed by atoms with Gasteiger partial charge in [-0.15, -0.1) is 0 Å². The maximum atomic E-state index is 12.0. The maximum Gasteiger partial charge on any atom is 0.306 e. The Bertz CT molecular complexity index is 877. The predicted octanol–water partition coefficient (Wildman–Crippen LogP) is 3.33. The summed E-state index contributed by atoms with van der Waals surface area (Å²) in [4.78, 5) is 34.4. The fourth-order valence-electron chi connectivity index (χ4n) is 2.50. The van der Waals surface area contributed by atoms with Gasteiger partial charge in [0.2, 0.25) is 0 Å². The van der Waals surface area contributed by atoms with E-state index in [1.165, 1.54) is 12.1 Å². The average Bonchev–Trinajstić information content (AvgIpc) is 2.67. The Kier molecular flexibility index (Phi) is 7.08. The van der Waals surface area contributed by atoms with Crippen molar-refractivity contribution in [3.05, 3.63) is 63.2 Å². The lowest BCUT2D eigenvalue weighted by molar-refractivity contribution is -0.384. The van der Waals surface area contributed by atoms with Crippen LogP contribution in [0, 0.1) is 24.0 Å². The number of carbonyl (C=O) groups is 2. The lowest BCUT2D eigenvalue weighted by Gasteiger charge is -2.09. The molecule has 1 N–H and O–H groups in total. The Morgan fingerprint density at radius 2 is 1.75 bits per heavy atom. The molecule has 0 aliphatic heterocycles. The van der Waals surface area contributed by atoms with Gasteiger partial charge in [-0.25, -0.2) is 0 Å². The van der Waals surface area contributed by atoms with Gasteiger partial charge in [-0.2, -0.15) is 0 Å². The van der Waals surface area contributed by atoms with Gasteiger partial charge in [0.15, 0.2) is 6.61 Å². The molecule has 0 heterocycles. The van der Waals surface area contributed by atoms with Crippen LogP contribution in [0.1, 0.15) is 23.1 Å². The number of esters is 1. The van der Waals surface area contributed by atoms with Crippen molar-refractivity contribution in [1.29, 1.82) is 0 Å². The van der Waals surface area contributed by atoms with Gasteiger partial charge in [0.25, 0.3) is 11.6 Å². The second kappa shape index (κ2) is 9.50. The Morgan fingerprint density at radius 1 is 1.11 bits per heavy atom. The number of rotatable bonds is 8. The quantitative estimate of drug-likeness (QED) is 0.423. The molecular weight excluding hydrogens is 364 g/mol. The van der Waals surface area contributed by atoms with Gasteiger partial charge in [-0.05, 0) is 55.2 Å². The van der Waals surface area contributed by atoms with E-state index >= 15 is 0 Å². The van der Waals surface area contributed by atoms with E-state index in [0.717, 1.165) is 22.4 Å². The zero-order chi connectivity index (χ0) is 20.7. The van der Waals surface area contributed by atoms with Crippen LogP contribution >= 0.6 is 0 Å². The molecule has 1 amide bonds. The summed E-state index contributed by atoms with van der Waals surface area (Å²) in [5, 5.41) is 13.6. The van der Waals surface area contributed by atoms with Gasteiger partial charge in [-0.1, -0.05) is 12.1 Å². The van der Waals surface area contributed by atoms with Crippen LogP contribution in [0.3, 0.4) is 0 Å². The number of benzene rings is 2. The van der Waals surface area contributed by atoms with E-state index in [0.29, 0.717) is 6.42 Å². The molecule has 0 unspecified atom stereocenters. The summed E-state index contributed by atoms with van der Waals surface area (Å²) in [5.74, 6) is -0.437. The van der Waals surface area contributed by atoms with Crippen LogP contribution in [0.2, 0.25) is 0 Å². The van der Waals surface area contributed by atoms with Crippen molar-refractivity contribution >= 4 is 23.3 Å². The van der Waals surface area contributed by atoms with Crippen molar-refractivity contribution in [1.82, 2.24) is 0 Å². The number of nitrogens with zero attached hydrogens (tertiary/aromatic N) is 1. The number of nitro benzene ring substituents is 1. The zero-order valence-corrected chi connectivity index (χ0v) is 16.0. The SMILES string of the molecule is COc1ccc(CCC(=O)OCC(=O)Nc2cc(C)c(C)cc2[N+](=O)[O-])cc1. The number of hydrogen-bond acceptors (Lipinski definition) is 6. The van der Waals surface area contributed by atoms with Crippen LogP contribution in [-0.4, -0.2) is 30.5 Å². The first-order chi connectivity index (χ1) is 13.3. The van der Waals surface area contributed by atoms with Gasteiger partial charge < -0.3 is 14.8 Å². The first-order valence-electron chi connectivity index (χ1n) is 8.64. The number of methoxy groups -OCH3 is 1. The molecule has 148 valence electrons. The zero-order valence-electron chi connectivity index (χ0n) is 16.0. The average molecular weight is 386 g/mol. The molecule has 28 heavy (non-hydrogen) atoms. The Labute approximate surface area is 162 Å². The summed E-state index contributed by atoms with van der Waals surface area (Å²) < 4.78 is 10.0. The summed E-state index contributed by atoms with van der Waals surface area (Å²) in [7, 11) is 1.57. The molecule has 0 aliphatic carbocycles. The fraction of sp³-hybridized carbons (Fsp3) is 0.300. The van der Waals surface area contributed by atoms with Crippen molar-refractivity contribution in [3.63, 3.8) is 0 Å². The number of nitrogens with one attached hydrogen (secondary N) is 1. The van der Waals surface area contributed by atoms with Gasteiger partial charge in [0.1, 0.15) is 11.4 Å². The molecule has 0 saturated carbocycles. The summed E-state index contributed by atoms with van der Waals surface area (Å²) in [6.07, 6.45) is 0.580. The van der Waals surface area contributed by atoms with E-state index in [1.807, 2.05) is 12.1 Å². The molecule has 0 spiro atoms. The molecule has 8 nitrogen and oxygen atoms in total. The molecule has 0 radical (unpaired) electrons. The lowest BCUT2D eigenvalue weighted by atomic mass is 10.1. The van der Waals surface area contributed by atoms with Crippen LogP contribution in [-0.2, 0) is 20.7 Å². The molecule has 0 saturated heterocycles. The Balaban J connectivity index is 1.85. The van der Waals surface area contributed by atoms with Gasteiger partial charge in [0, 0.05) is 12.5 Å². The molecule has 8 heteroatoms. The molecule has 2 aromatic rings. The van der Waals surface area contributed by atoms with Crippen molar-refractivity contribution in [2.45, 2.75) is 26.7 Å². The number of amides is 1. The van der Waals surface area contributed by atoms with Crippen LogP contribution in [0.4, 0.5) is 11.4 Å². The Morgan fingerprint density at radius 3 is 2.36 bits per heavy atom. The lowest BCUT2D eigenvalue weighted by Crippen LogP contribution is -2.21. The monoisotopic (exact) mass is 386 g/mol. The molecule has 0 aromatic heterocycles. The van der Waals surface area contributed by atoms with Crippen LogP contribution in [0.5, 0.6) is 5.75 Å². The minimum Gasteiger partial charge on any atom is -0.497 e. The topological polar surface area (TPSA) is 108 Å². The highest BCUT2D eigenvalue weighted by atomic mass is 16.6. The third-order valence-electron chi connectivity index (χ3n) is 4.22. The summed E-state index contributed by atoms with van der Waals surface area (Å²) in [5.41, 5.74) is 2.36. The molecule has 0 bridgehead atoms. The molecule has 0 fully saturated rings. The minimum absolute atomic E-state index is 0.0763. The van der Waals surface area contributed by atoms with Crippen molar-refractivity contribution < 1.29 is 24.0 Å². The molecule has 0 atom stereocenters. The third kappa shape index (κ3) is 5.80. The predicted molar refractivity (Wildman–Crippen MR) is 103 cm³/mol. The maximum absolute atomic E-state index is 12.0. The van der Waals surface area contributed by atoms with Crippen molar-refractivity contribution in [3.8, 4) is 5.75 Å². The van der Waals surface area contributed by atoms with Crippen molar-refractivity contribution in [2.24, 2.45) is 0 Å². The summed E-state index contributed by atoms with van der Waals surface area (Å²) in [6, 6.07) is 10.2. The number of aryl methyl sites for hydroxylation is 3. The highest BCUT2D eigenvalue weighted by Gasteiger charge is 2.18. The van der Waals surface area contributed by atoms with Gasteiger partial charge >= 0.3 is 5.97 Å². The van der Waals surface area contributed by atoms with E-state index in [-0.39, 0.29) is 17.8 Å². The van der Waals surface area contributed by atoms with E-state index < -0.39 is 23.4 Å². The number of anilines is 1. The molecule has 0 aliphatic rings. The minimum atomic E-state index is -0.635. The smallest absolute Gasteiger partial charge is 0.306 e.